The maximum Gasteiger partial charge on any atom is 0.251 e. The first kappa shape index (κ1) is 13.5. The summed E-state index contributed by atoms with van der Waals surface area (Å²) < 4.78 is 0.752. The molecule has 0 aliphatic heterocycles. The molecule has 0 radical (unpaired) electrons. The van der Waals surface area contributed by atoms with Gasteiger partial charge in [0, 0.05) is 15.1 Å². The summed E-state index contributed by atoms with van der Waals surface area (Å²) in [5, 5.41) is 12.2. The Kier molecular flexibility index (Phi) is 5.25. The van der Waals surface area contributed by atoms with Crippen molar-refractivity contribution in [1.82, 2.24) is 5.32 Å². The van der Waals surface area contributed by atoms with Gasteiger partial charge in [-0.05, 0) is 24.6 Å². The molecule has 0 fully saturated rings. The van der Waals surface area contributed by atoms with Gasteiger partial charge >= 0.3 is 0 Å². The van der Waals surface area contributed by atoms with Crippen LogP contribution in [0.2, 0.25) is 5.02 Å². The van der Waals surface area contributed by atoms with E-state index in [-0.39, 0.29) is 18.6 Å². The Balaban J connectivity index is 2.80. The third-order valence-corrected chi connectivity index (χ3v) is 2.85. The first-order chi connectivity index (χ1) is 7.56. The van der Waals surface area contributed by atoms with Crippen molar-refractivity contribution in [1.29, 1.82) is 0 Å². The second-order valence-corrected chi connectivity index (χ2v) is 4.77. The average molecular weight is 307 g/mol. The number of amides is 1. The number of carbonyl (C=O) groups is 1. The second kappa shape index (κ2) is 6.23. The van der Waals surface area contributed by atoms with E-state index in [9.17, 15) is 4.79 Å². The Morgan fingerprint density at radius 2 is 2.25 bits per heavy atom. The van der Waals surface area contributed by atoms with Gasteiger partial charge in [-0.3, -0.25) is 4.79 Å². The molecular formula is C11H13BrClNO2. The highest BCUT2D eigenvalue weighted by molar-refractivity contribution is 9.10. The highest BCUT2D eigenvalue weighted by Crippen LogP contribution is 2.19. The van der Waals surface area contributed by atoms with E-state index in [1.54, 1.807) is 18.2 Å². The van der Waals surface area contributed by atoms with Crippen LogP contribution < -0.4 is 5.32 Å². The number of halogens is 2. The lowest BCUT2D eigenvalue weighted by Gasteiger charge is -2.14. The summed E-state index contributed by atoms with van der Waals surface area (Å²) in [7, 11) is 0. The molecule has 1 aromatic carbocycles. The minimum absolute atomic E-state index is 0.0655. The molecular weight excluding hydrogens is 293 g/mol. The third-order valence-electron chi connectivity index (χ3n) is 2.17. The lowest BCUT2D eigenvalue weighted by Crippen LogP contribution is -2.36. The molecule has 3 nitrogen and oxygen atoms in total. The van der Waals surface area contributed by atoms with E-state index in [1.807, 2.05) is 6.92 Å². The van der Waals surface area contributed by atoms with Gasteiger partial charge in [-0.15, -0.1) is 0 Å². The Morgan fingerprint density at radius 3 is 2.75 bits per heavy atom. The van der Waals surface area contributed by atoms with Crippen LogP contribution in [0, 0.1) is 0 Å². The smallest absolute Gasteiger partial charge is 0.251 e. The highest BCUT2D eigenvalue weighted by atomic mass is 79.9. The van der Waals surface area contributed by atoms with Gasteiger partial charge in [-0.1, -0.05) is 34.5 Å². The predicted octanol–water partition coefficient (Wildman–Crippen LogP) is 2.60. The van der Waals surface area contributed by atoms with Crippen LogP contribution in [-0.4, -0.2) is 23.7 Å². The zero-order valence-corrected chi connectivity index (χ0v) is 11.2. The minimum atomic E-state index is -0.232. The summed E-state index contributed by atoms with van der Waals surface area (Å²) in [5.74, 6) is -0.232. The molecule has 0 aliphatic carbocycles. The minimum Gasteiger partial charge on any atom is -0.394 e. The topological polar surface area (TPSA) is 49.3 Å². The van der Waals surface area contributed by atoms with Gasteiger partial charge in [0.1, 0.15) is 0 Å². The van der Waals surface area contributed by atoms with Crippen molar-refractivity contribution in [3.05, 3.63) is 33.3 Å². The number of hydrogen-bond acceptors (Lipinski definition) is 2. The summed E-state index contributed by atoms with van der Waals surface area (Å²) >= 11 is 9.11. The van der Waals surface area contributed by atoms with Gasteiger partial charge < -0.3 is 10.4 Å². The van der Waals surface area contributed by atoms with Crippen molar-refractivity contribution in [2.24, 2.45) is 0 Å². The number of carbonyl (C=O) groups excluding carboxylic acids is 1. The highest BCUT2D eigenvalue weighted by Gasteiger charge is 2.12. The Bertz CT molecular complexity index is 360. The molecule has 0 saturated carbocycles. The first-order valence-electron chi connectivity index (χ1n) is 4.94. The monoisotopic (exact) mass is 305 g/mol. The standard InChI is InChI=1S/C11H13BrClNO2/c1-2-10(6-15)14-11(16)7-3-8(12)5-9(13)4-7/h3-5,10,15H,2,6H2,1H3,(H,14,16). The Hall–Kier alpha value is -0.580. The molecule has 1 amide bonds. The molecule has 0 bridgehead atoms. The van der Waals surface area contributed by atoms with Crippen molar-refractivity contribution in [3.8, 4) is 0 Å². The Labute approximate surface area is 108 Å². The van der Waals surface area contributed by atoms with Crippen molar-refractivity contribution < 1.29 is 9.90 Å². The molecule has 1 aromatic rings. The zero-order chi connectivity index (χ0) is 12.1. The molecule has 0 spiro atoms. The number of benzene rings is 1. The van der Waals surface area contributed by atoms with E-state index in [2.05, 4.69) is 21.2 Å². The maximum atomic E-state index is 11.8. The summed E-state index contributed by atoms with van der Waals surface area (Å²) in [6, 6.07) is 4.77. The second-order valence-electron chi connectivity index (χ2n) is 3.42. The van der Waals surface area contributed by atoms with Crippen LogP contribution in [0.1, 0.15) is 23.7 Å². The third kappa shape index (κ3) is 3.77. The van der Waals surface area contributed by atoms with E-state index >= 15 is 0 Å². The number of aliphatic hydroxyl groups is 1. The van der Waals surface area contributed by atoms with E-state index in [0.717, 1.165) is 4.47 Å². The quantitative estimate of drug-likeness (QED) is 0.898. The molecule has 1 atom stereocenters. The summed E-state index contributed by atoms with van der Waals surface area (Å²) in [5.41, 5.74) is 0.478. The fourth-order valence-corrected chi connectivity index (χ4v) is 2.09. The predicted molar refractivity (Wildman–Crippen MR) is 67.8 cm³/mol. The van der Waals surface area contributed by atoms with E-state index in [1.165, 1.54) is 0 Å². The summed E-state index contributed by atoms with van der Waals surface area (Å²) in [6.45, 7) is 1.83. The van der Waals surface area contributed by atoms with Crippen molar-refractivity contribution in [3.63, 3.8) is 0 Å². The van der Waals surface area contributed by atoms with E-state index in [4.69, 9.17) is 16.7 Å². The molecule has 1 unspecified atom stereocenters. The molecule has 88 valence electrons. The lowest BCUT2D eigenvalue weighted by molar-refractivity contribution is 0.0915. The molecule has 0 aliphatic rings. The number of aliphatic hydroxyl groups excluding tert-OH is 1. The van der Waals surface area contributed by atoms with Gasteiger partial charge in [0.25, 0.3) is 5.91 Å². The molecule has 16 heavy (non-hydrogen) atoms. The molecule has 0 aromatic heterocycles. The molecule has 1 rings (SSSR count). The summed E-state index contributed by atoms with van der Waals surface area (Å²) in [6.07, 6.45) is 0.684. The average Bonchev–Trinajstić information content (AvgIpc) is 2.24. The first-order valence-corrected chi connectivity index (χ1v) is 6.11. The fraction of sp³-hybridized carbons (Fsp3) is 0.364. The van der Waals surface area contributed by atoms with Crippen LogP contribution in [0.5, 0.6) is 0 Å². The molecule has 5 heteroatoms. The van der Waals surface area contributed by atoms with Crippen molar-refractivity contribution in [2.45, 2.75) is 19.4 Å². The molecule has 0 heterocycles. The number of hydrogen-bond donors (Lipinski definition) is 2. The van der Waals surface area contributed by atoms with Crippen LogP contribution in [0.15, 0.2) is 22.7 Å². The number of rotatable bonds is 4. The summed E-state index contributed by atoms with van der Waals surface area (Å²) in [4.78, 5) is 11.8. The van der Waals surface area contributed by atoms with Crippen LogP contribution in [-0.2, 0) is 0 Å². The van der Waals surface area contributed by atoms with E-state index in [0.29, 0.717) is 17.0 Å². The molecule has 2 N–H and O–H groups in total. The van der Waals surface area contributed by atoms with E-state index < -0.39 is 0 Å². The zero-order valence-electron chi connectivity index (χ0n) is 8.84. The van der Waals surface area contributed by atoms with Crippen LogP contribution in [0.25, 0.3) is 0 Å². The normalized spacial score (nSPS) is 12.2. The van der Waals surface area contributed by atoms with Crippen LogP contribution in [0.4, 0.5) is 0 Å². The van der Waals surface area contributed by atoms with Gasteiger partial charge in [0.05, 0.1) is 12.6 Å². The SMILES string of the molecule is CCC(CO)NC(=O)c1cc(Cl)cc(Br)c1. The fourth-order valence-electron chi connectivity index (χ4n) is 1.23. The van der Waals surface area contributed by atoms with Gasteiger partial charge in [0.15, 0.2) is 0 Å². The largest absolute Gasteiger partial charge is 0.394 e. The maximum absolute atomic E-state index is 11.8. The van der Waals surface area contributed by atoms with Gasteiger partial charge in [-0.25, -0.2) is 0 Å². The Morgan fingerprint density at radius 1 is 1.56 bits per heavy atom. The molecule has 0 saturated heterocycles. The lowest BCUT2D eigenvalue weighted by atomic mass is 10.2. The number of nitrogens with one attached hydrogen (secondary N) is 1. The van der Waals surface area contributed by atoms with Crippen molar-refractivity contribution >= 4 is 33.4 Å². The van der Waals surface area contributed by atoms with Crippen molar-refractivity contribution in [2.75, 3.05) is 6.61 Å². The van der Waals surface area contributed by atoms with Gasteiger partial charge in [-0.2, -0.15) is 0 Å². The van der Waals surface area contributed by atoms with Crippen LogP contribution >= 0.6 is 27.5 Å². The van der Waals surface area contributed by atoms with Gasteiger partial charge in [0.2, 0.25) is 0 Å². The van der Waals surface area contributed by atoms with Crippen LogP contribution in [0.3, 0.4) is 0 Å².